The molecule has 10 heteroatoms. The number of anilines is 1. The van der Waals surface area contributed by atoms with Crippen LogP contribution in [0.1, 0.15) is 71.1 Å². The Morgan fingerprint density at radius 3 is 2.65 bits per heavy atom. The van der Waals surface area contributed by atoms with E-state index in [1.54, 1.807) is 9.42 Å². The van der Waals surface area contributed by atoms with E-state index in [2.05, 4.69) is 10.1 Å². The zero-order valence-electron chi connectivity index (χ0n) is 20.2. The summed E-state index contributed by atoms with van der Waals surface area (Å²) in [5.74, 6) is 0.490. The van der Waals surface area contributed by atoms with Crippen molar-refractivity contribution in [3.63, 3.8) is 0 Å². The number of aromatic nitrogens is 3. The van der Waals surface area contributed by atoms with Gasteiger partial charge >= 0.3 is 6.09 Å². The summed E-state index contributed by atoms with van der Waals surface area (Å²) in [5, 5.41) is 4.31. The lowest BCUT2D eigenvalue weighted by Crippen LogP contribution is -2.57. The highest BCUT2D eigenvalue weighted by Crippen LogP contribution is 2.41. The first-order chi connectivity index (χ1) is 16.2. The molecular formula is C24H34N6O4. The van der Waals surface area contributed by atoms with Crippen molar-refractivity contribution < 1.29 is 19.1 Å². The van der Waals surface area contributed by atoms with Crippen LogP contribution in [0.2, 0.25) is 0 Å². The van der Waals surface area contributed by atoms with Crippen LogP contribution in [-0.2, 0) is 14.3 Å². The lowest BCUT2D eigenvalue weighted by atomic mass is 9.84. The van der Waals surface area contributed by atoms with Crippen molar-refractivity contribution >= 4 is 23.3 Å². The van der Waals surface area contributed by atoms with Crippen molar-refractivity contribution in [3.05, 3.63) is 24.2 Å². The molecule has 5 rings (SSSR count). The summed E-state index contributed by atoms with van der Waals surface area (Å²) in [5.41, 5.74) is 6.88. The highest BCUT2D eigenvalue weighted by Gasteiger charge is 2.49. The molecule has 1 spiro atoms. The van der Waals surface area contributed by atoms with E-state index < -0.39 is 11.7 Å². The molecule has 0 saturated carbocycles. The van der Waals surface area contributed by atoms with Gasteiger partial charge < -0.3 is 25.0 Å². The van der Waals surface area contributed by atoms with Crippen molar-refractivity contribution in [3.8, 4) is 0 Å². The molecule has 3 saturated heterocycles. The van der Waals surface area contributed by atoms with Crippen LogP contribution in [0.15, 0.2) is 18.5 Å². The molecule has 0 bridgehead atoms. The number of nitrogens with zero attached hydrogens (tertiary/aromatic N) is 5. The van der Waals surface area contributed by atoms with Crippen LogP contribution in [-0.4, -0.2) is 73.3 Å². The number of carbonyl (C=O) groups is 2. The van der Waals surface area contributed by atoms with Gasteiger partial charge in [0.05, 0.1) is 5.69 Å². The Labute approximate surface area is 199 Å². The fraction of sp³-hybridized carbons (Fsp3) is 0.667. The molecule has 0 aromatic carbocycles. The summed E-state index contributed by atoms with van der Waals surface area (Å²) in [6, 6.07) is 3.83. The van der Waals surface area contributed by atoms with Crippen LogP contribution < -0.4 is 5.73 Å². The molecule has 0 radical (unpaired) electrons. The third-order valence-electron chi connectivity index (χ3n) is 7.34. The molecule has 2 aromatic heterocycles. The van der Waals surface area contributed by atoms with Crippen LogP contribution >= 0.6 is 0 Å². The lowest BCUT2D eigenvalue weighted by molar-refractivity contribution is -0.149. The van der Waals surface area contributed by atoms with E-state index >= 15 is 0 Å². The average Bonchev–Trinajstić information content (AvgIpc) is 3.51. The molecule has 2 amide bonds. The van der Waals surface area contributed by atoms with Gasteiger partial charge in [0.25, 0.3) is 5.91 Å². The van der Waals surface area contributed by atoms with E-state index in [0.29, 0.717) is 25.3 Å². The van der Waals surface area contributed by atoms with Crippen molar-refractivity contribution in [1.82, 2.24) is 24.4 Å². The van der Waals surface area contributed by atoms with Gasteiger partial charge in [-0.1, -0.05) is 0 Å². The van der Waals surface area contributed by atoms with Gasteiger partial charge in [-0.3, -0.25) is 4.79 Å². The van der Waals surface area contributed by atoms with Gasteiger partial charge in [0.2, 0.25) is 0 Å². The summed E-state index contributed by atoms with van der Waals surface area (Å²) in [6.45, 7) is 7.57. The Morgan fingerprint density at radius 2 is 1.91 bits per heavy atom. The summed E-state index contributed by atoms with van der Waals surface area (Å²) in [7, 11) is 0. The van der Waals surface area contributed by atoms with E-state index in [1.807, 2.05) is 37.8 Å². The molecule has 3 aliphatic rings. The molecule has 5 heterocycles. The molecule has 2 atom stereocenters. The predicted octanol–water partition coefficient (Wildman–Crippen LogP) is 2.92. The van der Waals surface area contributed by atoms with Crippen molar-refractivity contribution in [2.45, 2.75) is 82.6 Å². The molecule has 34 heavy (non-hydrogen) atoms. The van der Waals surface area contributed by atoms with Crippen LogP contribution in [0.3, 0.4) is 0 Å². The number of rotatable bonds is 2. The largest absolute Gasteiger partial charge is 0.444 e. The number of piperidine rings is 1. The van der Waals surface area contributed by atoms with Crippen LogP contribution in [0, 0.1) is 0 Å². The summed E-state index contributed by atoms with van der Waals surface area (Å²) < 4.78 is 13.6. The Bertz CT molecular complexity index is 1080. The van der Waals surface area contributed by atoms with Gasteiger partial charge in [0.15, 0.2) is 5.82 Å². The number of nitrogens with two attached hydrogens (primary N) is 1. The van der Waals surface area contributed by atoms with Gasteiger partial charge in [-0.05, 0) is 71.4 Å². The van der Waals surface area contributed by atoms with E-state index in [0.717, 1.165) is 49.9 Å². The number of fused-ring (bicyclic) bond motifs is 1. The Morgan fingerprint density at radius 1 is 1.15 bits per heavy atom. The summed E-state index contributed by atoms with van der Waals surface area (Å²) in [6.07, 6.45) is 5.40. The third kappa shape index (κ3) is 4.08. The molecule has 10 nitrogen and oxygen atoms in total. The van der Waals surface area contributed by atoms with Crippen LogP contribution in [0.5, 0.6) is 0 Å². The molecule has 1 unspecified atom stereocenters. The maximum absolute atomic E-state index is 13.6. The minimum Gasteiger partial charge on any atom is -0.444 e. The zero-order valence-corrected chi connectivity index (χ0v) is 20.2. The quantitative estimate of drug-likeness (QED) is 0.717. The minimum atomic E-state index is -0.513. The standard InChI is InChI=1S/C24H34N6O4/c1-23(2,3)34-22(32)28-13-10-24(11-14-28)9-4-12-29(24)21(31)19-8-7-18(33-19)16-5-6-17-20(25)26-15-27-30(16)17/h5-6,15,18-19H,4,7-14H2,1-3H3,(H2,25,26,27)/t18-,19?/m1/s1. The first-order valence-electron chi connectivity index (χ1n) is 12.2. The van der Waals surface area contributed by atoms with Gasteiger partial charge in [0.1, 0.15) is 29.7 Å². The second kappa shape index (κ2) is 8.41. The van der Waals surface area contributed by atoms with Crippen molar-refractivity contribution in [2.24, 2.45) is 0 Å². The Hall–Kier alpha value is -2.88. The second-order valence-electron chi connectivity index (χ2n) is 10.7. The topological polar surface area (TPSA) is 115 Å². The molecule has 2 N–H and O–H groups in total. The molecule has 2 aromatic rings. The molecule has 3 fully saturated rings. The first kappa shape index (κ1) is 22.9. The fourth-order valence-electron chi connectivity index (χ4n) is 5.66. The highest BCUT2D eigenvalue weighted by atomic mass is 16.6. The molecule has 0 aliphatic carbocycles. The maximum Gasteiger partial charge on any atom is 0.410 e. The first-order valence-corrected chi connectivity index (χ1v) is 12.2. The van der Waals surface area contributed by atoms with Gasteiger partial charge in [-0.2, -0.15) is 5.10 Å². The average molecular weight is 471 g/mol. The SMILES string of the molecule is CC(C)(C)OC(=O)N1CCC2(CCCN2C(=O)C2CC[C@H](c3ccc4c(N)ncnn34)O2)CC1. The highest BCUT2D eigenvalue weighted by molar-refractivity contribution is 5.82. The second-order valence-corrected chi connectivity index (χ2v) is 10.7. The number of hydrogen-bond donors (Lipinski definition) is 1. The van der Waals surface area contributed by atoms with E-state index in [9.17, 15) is 9.59 Å². The maximum atomic E-state index is 13.6. The lowest BCUT2D eigenvalue weighted by Gasteiger charge is -2.45. The van der Waals surface area contributed by atoms with Crippen LogP contribution in [0.4, 0.5) is 10.6 Å². The van der Waals surface area contributed by atoms with Crippen LogP contribution in [0.25, 0.3) is 5.52 Å². The fourth-order valence-corrected chi connectivity index (χ4v) is 5.66. The number of nitrogen functional groups attached to an aromatic ring is 1. The molecular weight excluding hydrogens is 436 g/mol. The van der Waals surface area contributed by atoms with Gasteiger partial charge in [-0.15, -0.1) is 0 Å². The molecule has 3 aliphatic heterocycles. The predicted molar refractivity (Wildman–Crippen MR) is 125 cm³/mol. The van der Waals surface area contributed by atoms with Gasteiger partial charge in [0, 0.05) is 25.2 Å². The monoisotopic (exact) mass is 470 g/mol. The zero-order chi connectivity index (χ0) is 24.1. The number of likely N-dealkylation sites (tertiary alicyclic amines) is 2. The van der Waals surface area contributed by atoms with Crippen molar-refractivity contribution in [1.29, 1.82) is 0 Å². The van der Waals surface area contributed by atoms with E-state index in [4.69, 9.17) is 15.2 Å². The summed E-state index contributed by atoms with van der Waals surface area (Å²) in [4.78, 5) is 33.9. The number of hydrogen-bond acceptors (Lipinski definition) is 7. The van der Waals surface area contributed by atoms with Crippen molar-refractivity contribution in [2.75, 3.05) is 25.4 Å². The number of amides is 2. The minimum absolute atomic E-state index is 0.0701. The number of carbonyl (C=O) groups excluding carboxylic acids is 2. The summed E-state index contributed by atoms with van der Waals surface area (Å²) >= 11 is 0. The van der Waals surface area contributed by atoms with Gasteiger partial charge in [-0.25, -0.2) is 14.3 Å². The smallest absolute Gasteiger partial charge is 0.410 e. The molecule has 184 valence electrons. The Balaban J connectivity index is 1.24. The Kier molecular flexibility index (Phi) is 5.66. The normalized spacial score (nSPS) is 24.8. The van der Waals surface area contributed by atoms with E-state index in [-0.39, 0.29) is 23.6 Å². The van der Waals surface area contributed by atoms with E-state index in [1.165, 1.54) is 6.33 Å². The third-order valence-corrected chi connectivity index (χ3v) is 7.34. The number of ether oxygens (including phenoxy) is 2.